The molecule has 0 aliphatic heterocycles. The molecular formula is C14H31NO. The summed E-state index contributed by atoms with van der Waals surface area (Å²) in [4.78, 5) is 0. The number of hydrogen-bond acceptors (Lipinski definition) is 2. The molecule has 2 heteroatoms. The Morgan fingerprint density at radius 2 is 1.75 bits per heavy atom. The minimum Gasteiger partial charge on any atom is -0.379 e. The van der Waals surface area contributed by atoms with Crippen LogP contribution in [0.4, 0.5) is 0 Å². The van der Waals surface area contributed by atoms with Crippen LogP contribution in [0.3, 0.4) is 0 Å². The molecule has 0 rings (SSSR count). The van der Waals surface area contributed by atoms with Crippen molar-refractivity contribution in [1.29, 1.82) is 0 Å². The van der Waals surface area contributed by atoms with Gasteiger partial charge >= 0.3 is 0 Å². The zero-order chi connectivity index (χ0) is 12.6. The third-order valence-electron chi connectivity index (χ3n) is 2.95. The third-order valence-corrected chi connectivity index (χ3v) is 2.95. The quantitative estimate of drug-likeness (QED) is 0.652. The summed E-state index contributed by atoms with van der Waals surface area (Å²) in [7, 11) is 0. The summed E-state index contributed by atoms with van der Waals surface area (Å²) in [5, 5.41) is 3.55. The van der Waals surface area contributed by atoms with Crippen LogP contribution in [0.5, 0.6) is 0 Å². The molecule has 1 unspecified atom stereocenters. The first kappa shape index (κ1) is 15.9. The van der Waals surface area contributed by atoms with E-state index in [1.54, 1.807) is 0 Å². The van der Waals surface area contributed by atoms with Gasteiger partial charge in [-0.15, -0.1) is 0 Å². The van der Waals surface area contributed by atoms with Crippen LogP contribution in [0.2, 0.25) is 0 Å². The molecule has 98 valence electrons. The fourth-order valence-electron chi connectivity index (χ4n) is 1.90. The van der Waals surface area contributed by atoms with Crippen molar-refractivity contribution >= 4 is 0 Å². The van der Waals surface area contributed by atoms with E-state index in [9.17, 15) is 0 Å². The van der Waals surface area contributed by atoms with E-state index in [2.05, 4.69) is 46.9 Å². The maximum Gasteiger partial charge on any atom is 0.0518 e. The van der Waals surface area contributed by atoms with E-state index in [0.29, 0.717) is 17.6 Å². The van der Waals surface area contributed by atoms with Crippen LogP contribution in [-0.2, 0) is 4.74 Å². The highest BCUT2D eigenvalue weighted by Gasteiger charge is 2.23. The molecule has 0 saturated carbocycles. The maximum atomic E-state index is 5.66. The number of nitrogens with one attached hydrogen (secondary N) is 1. The smallest absolute Gasteiger partial charge is 0.0518 e. The number of hydrogen-bond donors (Lipinski definition) is 1. The summed E-state index contributed by atoms with van der Waals surface area (Å²) >= 11 is 0. The molecule has 0 aliphatic carbocycles. The lowest BCUT2D eigenvalue weighted by atomic mass is 9.82. The van der Waals surface area contributed by atoms with Gasteiger partial charge in [0.1, 0.15) is 0 Å². The minimum absolute atomic E-state index is 0.351. The second kappa shape index (κ2) is 8.08. The summed E-state index contributed by atoms with van der Waals surface area (Å²) in [6, 6.07) is 0.571. The summed E-state index contributed by atoms with van der Waals surface area (Å²) in [5.41, 5.74) is 0.383. The standard InChI is InChI=1S/C14H31NO/c1-7-8-14(6,11-15-12(2)3)9-10-16-13(4)5/h12-13,15H,7-11H2,1-6H3. The number of rotatable bonds is 9. The molecule has 0 radical (unpaired) electrons. The zero-order valence-electron chi connectivity index (χ0n) is 12.1. The molecule has 0 aromatic carbocycles. The maximum absolute atomic E-state index is 5.66. The van der Waals surface area contributed by atoms with E-state index in [-0.39, 0.29) is 0 Å². The second-order valence-electron chi connectivity index (χ2n) is 5.77. The van der Waals surface area contributed by atoms with E-state index in [1.165, 1.54) is 12.8 Å². The lowest BCUT2D eigenvalue weighted by molar-refractivity contribution is 0.0514. The Morgan fingerprint density at radius 3 is 2.19 bits per heavy atom. The van der Waals surface area contributed by atoms with Crippen LogP contribution in [0.15, 0.2) is 0 Å². The van der Waals surface area contributed by atoms with Crippen LogP contribution in [-0.4, -0.2) is 25.3 Å². The van der Waals surface area contributed by atoms with Gasteiger partial charge in [-0.05, 0) is 32.1 Å². The molecule has 2 nitrogen and oxygen atoms in total. The van der Waals surface area contributed by atoms with Gasteiger partial charge in [0.25, 0.3) is 0 Å². The molecule has 0 spiro atoms. The Balaban J connectivity index is 4.00. The summed E-state index contributed by atoms with van der Waals surface area (Å²) in [6.07, 6.45) is 4.02. The van der Waals surface area contributed by atoms with Crippen molar-refractivity contribution in [2.75, 3.05) is 13.2 Å². The Labute approximate surface area is 102 Å². The molecule has 0 heterocycles. The monoisotopic (exact) mass is 229 g/mol. The van der Waals surface area contributed by atoms with Crippen molar-refractivity contribution in [3.63, 3.8) is 0 Å². The molecule has 0 aromatic heterocycles. The first-order chi connectivity index (χ1) is 7.39. The Hall–Kier alpha value is -0.0800. The van der Waals surface area contributed by atoms with E-state index in [4.69, 9.17) is 4.74 Å². The Kier molecular flexibility index (Phi) is 8.04. The molecule has 0 amide bonds. The SMILES string of the molecule is CCCC(C)(CCOC(C)C)CNC(C)C. The van der Waals surface area contributed by atoms with Crippen molar-refractivity contribution in [1.82, 2.24) is 5.32 Å². The normalized spacial score (nSPS) is 15.8. The van der Waals surface area contributed by atoms with Crippen LogP contribution in [0.1, 0.15) is 60.8 Å². The van der Waals surface area contributed by atoms with Crippen LogP contribution < -0.4 is 5.32 Å². The molecular weight excluding hydrogens is 198 g/mol. The van der Waals surface area contributed by atoms with Gasteiger partial charge < -0.3 is 10.1 Å². The van der Waals surface area contributed by atoms with Gasteiger partial charge in [0.05, 0.1) is 6.10 Å². The Morgan fingerprint density at radius 1 is 1.12 bits per heavy atom. The van der Waals surface area contributed by atoms with Crippen LogP contribution in [0.25, 0.3) is 0 Å². The largest absolute Gasteiger partial charge is 0.379 e. The van der Waals surface area contributed by atoms with E-state index >= 15 is 0 Å². The molecule has 0 bridgehead atoms. The average Bonchev–Trinajstić information content (AvgIpc) is 2.15. The molecule has 0 aliphatic rings. The highest BCUT2D eigenvalue weighted by Crippen LogP contribution is 2.27. The second-order valence-corrected chi connectivity index (χ2v) is 5.77. The number of ether oxygens (including phenoxy) is 1. The van der Waals surface area contributed by atoms with E-state index < -0.39 is 0 Å². The van der Waals surface area contributed by atoms with Crippen molar-refractivity contribution < 1.29 is 4.74 Å². The van der Waals surface area contributed by atoms with Gasteiger partial charge in [-0.1, -0.05) is 34.1 Å². The minimum atomic E-state index is 0.351. The predicted octanol–water partition coefficient (Wildman–Crippen LogP) is 3.61. The Bertz CT molecular complexity index is 168. The molecule has 16 heavy (non-hydrogen) atoms. The van der Waals surface area contributed by atoms with Gasteiger partial charge in [-0.25, -0.2) is 0 Å². The van der Waals surface area contributed by atoms with Crippen LogP contribution in [0, 0.1) is 5.41 Å². The van der Waals surface area contributed by atoms with Crippen molar-refractivity contribution in [3.05, 3.63) is 0 Å². The molecule has 1 atom stereocenters. The van der Waals surface area contributed by atoms with Crippen molar-refractivity contribution in [2.45, 2.75) is 73.0 Å². The lowest BCUT2D eigenvalue weighted by Gasteiger charge is -2.31. The fourth-order valence-corrected chi connectivity index (χ4v) is 1.90. The zero-order valence-corrected chi connectivity index (χ0v) is 12.1. The van der Waals surface area contributed by atoms with Gasteiger partial charge in [0.2, 0.25) is 0 Å². The summed E-state index contributed by atoms with van der Waals surface area (Å²) < 4.78 is 5.66. The fraction of sp³-hybridized carbons (Fsp3) is 1.00. The van der Waals surface area contributed by atoms with Gasteiger partial charge in [-0.2, -0.15) is 0 Å². The molecule has 1 N–H and O–H groups in total. The first-order valence-corrected chi connectivity index (χ1v) is 6.74. The summed E-state index contributed by atoms with van der Waals surface area (Å²) in [6.45, 7) is 15.2. The summed E-state index contributed by atoms with van der Waals surface area (Å²) in [5.74, 6) is 0. The predicted molar refractivity (Wildman–Crippen MR) is 71.9 cm³/mol. The van der Waals surface area contributed by atoms with Crippen LogP contribution >= 0.6 is 0 Å². The van der Waals surface area contributed by atoms with Gasteiger partial charge in [0, 0.05) is 19.2 Å². The van der Waals surface area contributed by atoms with Crippen molar-refractivity contribution in [2.24, 2.45) is 5.41 Å². The molecule has 0 aromatic rings. The van der Waals surface area contributed by atoms with E-state index in [1.807, 2.05) is 0 Å². The first-order valence-electron chi connectivity index (χ1n) is 6.74. The average molecular weight is 229 g/mol. The highest BCUT2D eigenvalue weighted by molar-refractivity contribution is 4.77. The lowest BCUT2D eigenvalue weighted by Crippen LogP contribution is -2.36. The van der Waals surface area contributed by atoms with Gasteiger partial charge in [-0.3, -0.25) is 0 Å². The highest BCUT2D eigenvalue weighted by atomic mass is 16.5. The van der Waals surface area contributed by atoms with Gasteiger partial charge in [0.15, 0.2) is 0 Å². The van der Waals surface area contributed by atoms with E-state index in [0.717, 1.165) is 19.6 Å². The topological polar surface area (TPSA) is 21.3 Å². The molecule has 0 fully saturated rings. The molecule has 0 saturated heterocycles. The third kappa shape index (κ3) is 8.12. The van der Waals surface area contributed by atoms with Crippen molar-refractivity contribution in [3.8, 4) is 0 Å².